The second kappa shape index (κ2) is 7.72. The molecule has 0 aliphatic heterocycles. The molecule has 112 valence electrons. The fourth-order valence-electron chi connectivity index (χ4n) is 2.65. The minimum Gasteiger partial charge on any atom is -0.153 e. The summed E-state index contributed by atoms with van der Waals surface area (Å²) >= 11 is 4.04. The molecule has 0 saturated heterocycles. The van der Waals surface area contributed by atoms with Gasteiger partial charge >= 0.3 is 0 Å². The molecule has 22 heavy (non-hydrogen) atoms. The van der Waals surface area contributed by atoms with E-state index in [0.717, 1.165) is 6.42 Å². The number of benzene rings is 3. The Labute approximate surface area is 144 Å². The summed E-state index contributed by atoms with van der Waals surface area (Å²) in [5.41, 5.74) is 3.88. The fraction of sp³-hybridized carbons (Fsp3) is 0.100. The Balaban J connectivity index is 0.00000176. The molecule has 0 fully saturated rings. The molecule has 3 aromatic carbocycles. The average Bonchev–Trinajstić information content (AvgIpc) is 2.57. The van der Waals surface area contributed by atoms with Crippen molar-refractivity contribution in [2.45, 2.75) is 10.7 Å². The van der Waals surface area contributed by atoms with Crippen molar-refractivity contribution in [3.8, 4) is 0 Å². The minimum absolute atomic E-state index is 0. The van der Waals surface area contributed by atoms with Gasteiger partial charge in [-0.2, -0.15) is 9.90 Å². The Morgan fingerprint density at radius 1 is 0.591 bits per heavy atom. The Morgan fingerprint density at radius 2 is 0.955 bits per heavy atom. The third kappa shape index (κ3) is 3.66. The topological polar surface area (TPSA) is 0 Å². The highest BCUT2D eigenvalue weighted by molar-refractivity contribution is 9.09. The van der Waals surface area contributed by atoms with Crippen molar-refractivity contribution in [2.24, 2.45) is 0 Å². The SMILES string of the molecule is BrC(Cc1ccccc1)(c1ccccc1)c1ccccc1.P. The molecule has 0 N–H and O–H groups in total. The van der Waals surface area contributed by atoms with Gasteiger partial charge in [0, 0.05) is 0 Å². The number of rotatable bonds is 4. The van der Waals surface area contributed by atoms with Crippen LogP contribution in [0.5, 0.6) is 0 Å². The molecule has 0 heterocycles. The second-order valence-corrected chi connectivity index (χ2v) is 6.55. The van der Waals surface area contributed by atoms with Crippen molar-refractivity contribution in [3.63, 3.8) is 0 Å². The quantitative estimate of drug-likeness (QED) is 0.412. The van der Waals surface area contributed by atoms with E-state index in [1.165, 1.54) is 16.7 Å². The zero-order valence-electron chi connectivity index (χ0n) is 12.5. The van der Waals surface area contributed by atoms with E-state index in [0.29, 0.717) is 0 Å². The van der Waals surface area contributed by atoms with Crippen LogP contribution in [-0.4, -0.2) is 0 Å². The van der Waals surface area contributed by atoms with Crippen molar-refractivity contribution < 1.29 is 0 Å². The van der Waals surface area contributed by atoms with Gasteiger partial charge in [-0.1, -0.05) is 107 Å². The molecule has 3 rings (SSSR count). The van der Waals surface area contributed by atoms with Crippen LogP contribution < -0.4 is 0 Å². The van der Waals surface area contributed by atoms with Crippen LogP contribution in [-0.2, 0) is 10.7 Å². The second-order valence-electron chi connectivity index (χ2n) is 5.20. The van der Waals surface area contributed by atoms with Crippen LogP contribution in [0.4, 0.5) is 0 Å². The monoisotopic (exact) mass is 370 g/mol. The van der Waals surface area contributed by atoms with Crippen LogP contribution in [0.2, 0.25) is 0 Å². The summed E-state index contributed by atoms with van der Waals surface area (Å²) in [5, 5.41) is 0. The summed E-state index contributed by atoms with van der Waals surface area (Å²) in [6, 6.07) is 31.9. The highest BCUT2D eigenvalue weighted by Crippen LogP contribution is 2.41. The number of hydrogen-bond acceptors (Lipinski definition) is 0. The largest absolute Gasteiger partial charge is 0.153 e. The zero-order valence-corrected chi connectivity index (χ0v) is 15.5. The summed E-state index contributed by atoms with van der Waals surface area (Å²) in [6.07, 6.45) is 0.919. The highest BCUT2D eigenvalue weighted by atomic mass is 79.9. The molecule has 1 unspecified atom stereocenters. The fourth-order valence-corrected chi connectivity index (χ4v) is 3.50. The van der Waals surface area contributed by atoms with Gasteiger partial charge in [-0.05, 0) is 23.1 Å². The summed E-state index contributed by atoms with van der Waals surface area (Å²) in [7, 11) is 0. The molecule has 0 aromatic heterocycles. The molecule has 0 radical (unpaired) electrons. The molecule has 0 aliphatic carbocycles. The van der Waals surface area contributed by atoms with Crippen molar-refractivity contribution in [1.82, 2.24) is 0 Å². The number of hydrogen-bond donors (Lipinski definition) is 0. The first-order valence-electron chi connectivity index (χ1n) is 7.13. The first-order chi connectivity index (χ1) is 10.3. The molecule has 0 saturated carbocycles. The maximum Gasteiger partial charge on any atom is 0.0794 e. The number of alkyl halides is 1. The molecular formula is C20H20BrP. The highest BCUT2D eigenvalue weighted by Gasteiger charge is 2.31. The Morgan fingerprint density at radius 3 is 1.36 bits per heavy atom. The van der Waals surface area contributed by atoms with Gasteiger partial charge in [0.05, 0.1) is 4.32 Å². The molecule has 1 atom stereocenters. The van der Waals surface area contributed by atoms with Crippen LogP contribution in [0.1, 0.15) is 16.7 Å². The molecule has 0 bridgehead atoms. The van der Waals surface area contributed by atoms with Gasteiger partial charge in [0.1, 0.15) is 0 Å². The van der Waals surface area contributed by atoms with Crippen LogP contribution in [0.15, 0.2) is 91.0 Å². The maximum absolute atomic E-state index is 4.04. The first-order valence-corrected chi connectivity index (χ1v) is 7.92. The van der Waals surface area contributed by atoms with Gasteiger partial charge < -0.3 is 0 Å². The lowest BCUT2D eigenvalue weighted by atomic mass is 9.86. The summed E-state index contributed by atoms with van der Waals surface area (Å²) in [5.74, 6) is 0. The molecule has 0 amide bonds. The van der Waals surface area contributed by atoms with E-state index in [-0.39, 0.29) is 14.2 Å². The van der Waals surface area contributed by atoms with Gasteiger partial charge in [0.25, 0.3) is 0 Å². The Kier molecular flexibility index (Phi) is 5.94. The van der Waals surface area contributed by atoms with E-state index in [4.69, 9.17) is 0 Å². The maximum atomic E-state index is 4.04. The van der Waals surface area contributed by atoms with Crippen molar-refractivity contribution in [3.05, 3.63) is 108 Å². The van der Waals surface area contributed by atoms with Crippen LogP contribution in [0, 0.1) is 0 Å². The smallest absolute Gasteiger partial charge is 0.0794 e. The predicted octanol–water partition coefficient (Wildman–Crippen LogP) is 5.63. The average molecular weight is 371 g/mol. The lowest BCUT2D eigenvalue weighted by molar-refractivity contribution is 0.752. The van der Waals surface area contributed by atoms with E-state index in [1.54, 1.807) is 0 Å². The molecular weight excluding hydrogens is 351 g/mol. The van der Waals surface area contributed by atoms with E-state index >= 15 is 0 Å². The molecule has 2 heteroatoms. The van der Waals surface area contributed by atoms with Crippen LogP contribution in [0.25, 0.3) is 0 Å². The minimum atomic E-state index is -0.198. The standard InChI is InChI=1S/C20H17Br.H3P/c21-20(18-12-6-2-7-13-18,19-14-8-3-9-15-19)16-17-10-4-1-5-11-17;/h1-15H,16H2;1H3. The van der Waals surface area contributed by atoms with Crippen LogP contribution >= 0.6 is 25.8 Å². The van der Waals surface area contributed by atoms with E-state index < -0.39 is 0 Å². The van der Waals surface area contributed by atoms with E-state index in [1.807, 2.05) is 0 Å². The third-order valence-corrected chi connectivity index (χ3v) is 4.95. The lowest BCUT2D eigenvalue weighted by Crippen LogP contribution is -2.23. The summed E-state index contributed by atoms with van der Waals surface area (Å²) in [6.45, 7) is 0. The summed E-state index contributed by atoms with van der Waals surface area (Å²) in [4.78, 5) is 0. The first kappa shape index (κ1) is 16.9. The lowest BCUT2D eigenvalue weighted by Gasteiger charge is -2.29. The van der Waals surface area contributed by atoms with E-state index in [2.05, 4.69) is 107 Å². The summed E-state index contributed by atoms with van der Waals surface area (Å²) < 4.78 is -0.198. The van der Waals surface area contributed by atoms with Gasteiger partial charge in [0.2, 0.25) is 0 Å². The molecule has 0 nitrogen and oxygen atoms in total. The molecule has 0 spiro atoms. The third-order valence-electron chi connectivity index (χ3n) is 3.75. The van der Waals surface area contributed by atoms with E-state index in [9.17, 15) is 0 Å². The van der Waals surface area contributed by atoms with Gasteiger partial charge in [-0.15, -0.1) is 0 Å². The van der Waals surface area contributed by atoms with Crippen molar-refractivity contribution in [1.29, 1.82) is 0 Å². The molecule has 3 aromatic rings. The Hall–Kier alpha value is -1.43. The number of halogens is 1. The zero-order chi connectivity index (χ0) is 14.5. The van der Waals surface area contributed by atoms with Gasteiger partial charge in [-0.25, -0.2) is 0 Å². The van der Waals surface area contributed by atoms with Crippen LogP contribution in [0.3, 0.4) is 0 Å². The normalized spacial score (nSPS) is 10.8. The Bertz CT molecular complexity index is 641. The van der Waals surface area contributed by atoms with Crippen molar-refractivity contribution in [2.75, 3.05) is 0 Å². The molecule has 0 aliphatic rings. The predicted molar refractivity (Wildman–Crippen MR) is 104 cm³/mol. The van der Waals surface area contributed by atoms with Crippen molar-refractivity contribution >= 4 is 25.8 Å². The van der Waals surface area contributed by atoms with Gasteiger partial charge in [0.15, 0.2) is 0 Å². The van der Waals surface area contributed by atoms with Gasteiger partial charge in [-0.3, -0.25) is 0 Å².